The summed E-state index contributed by atoms with van der Waals surface area (Å²) in [5.41, 5.74) is 1.76. The molecule has 0 aliphatic heterocycles. The number of fused-ring (bicyclic) bond motifs is 1. The lowest BCUT2D eigenvalue weighted by molar-refractivity contribution is 0.0969. The summed E-state index contributed by atoms with van der Waals surface area (Å²) >= 11 is 6.88. The molecule has 6 heteroatoms. The van der Waals surface area contributed by atoms with Gasteiger partial charge in [-0.25, -0.2) is 4.98 Å². The third-order valence-corrected chi connectivity index (χ3v) is 4.40. The molecule has 0 aliphatic carbocycles. The van der Waals surface area contributed by atoms with Crippen LogP contribution < -0.4 is 5.56 Å². The summed E-state index contributed by atoms with van der Waals surface area (Å²) in [6.45, 7) is 3.71. The van der Waals surface area contributed by atoms with Crippen molar-refractivity contribution in [2.45, 2.75) is 13.8 Å². The van der Waals surface area contributed by atoms with Gasteiger partial charge in [-0.3, -0.25) is 9.59 Å². The first-order chi connectivity index (χ1) is 9.97. The Kier molecular flexibility index (Phi) is 3.39. The Morgan fingerprint density at radius 3 is 2.57 bits per heavy atom. The number of carbonyl (C=O) groups excluding carboxylic acids is 1. The van der Waals surface area contributed by atoms with E-state index in [9.17, 15) is 9.59 Å². The second-order valence-electron chi connectivity index (χ2n) is 4.76. The molecule has 0 spiro atoms. The molecule has 3 aromatic rings. The highest BCUT2D eigenvalue weighted by molar-refractivity contribution is 7.14. The molecule has 3 rings (SSSR count). The fourth-order valence-corrected chi connectivity index (χ4v) is 3.39. The van der Waals surface area contributed by atoms with Crippen LogP contribution in [0.25, 0.3) is 10.2 Å². The van der Waals surface area contributed by atoms with Crippen molar-refractivity contribution < 1.29 is 4.79 Å². The van der Waals surface area contributed by atoms with Crippen molar-refractivity contribution >= 4 is 39.3 Å². The van der Waals surface area contributed by atoms with Crippen molar-refractivity contribution in [3.05, 3.63) is 62.5 Å². The number of halogens is 1. The molecule has 106 valence electrons. The van der Waals surface area contributed by atoms with Gasteiger partial charge in [0.25, 0.3) is 11.5 Å². The highest BCUT2D eigenvalue weighted by Gasteiger charge is 2.18. The Labute approximate surface area is 129 Å². The average molecular weight is 319 g/mol. The lowest BCUT2D eigenvalue weighted by Gasteiger charge is -1.99. The SMILES string of the molecule is Cc1cc(C)c2c(=O)n(C(=O)c3ccc(Cl)cc3)sc2n1. The van der Waals surface area contributed by atoms with Crippen molar-refractivity contribution in [1.82, 2.24) is 8.94 Å². The third kappa shape index (κ3) is 2.39. The highest BCUT2D eigenvalue weighted by Crippen LogP contribution is 2.20. The molecule has 0 N–H and O–H groups in total. The second-order valence-corrected chi connectivity index (χ2v) is 6.13. The molecule has 21 heavy (non-hydrogen) atoms. The van der Waals surface area contributed by atoms with E-state index in [1.165, 1.54) is 0 Å². The van der Waals surface area contributed by atoms with Gasteiger partial charge in [0.15, 0.2) is 0 Å². The lowest BCUT2D eigenvalue weighted by Crippen LogP contribution is -2.21. The molecule has 0 saturated heterocycles. The zero-order chi connectivity index (χ0) is 15.1. The van der Waals surface area contributed by atoms with Gasteiger partial charge in [-0.2, -0.15) is 3.96 Å². The predicted octanol–water partition coefficient (Wildman–Crippen LogP) is 3.42. The average Bonchev–Trinajstić information content (AvgIpc) is 2.76. The van der Waals surface area contributed by atoms with Crippen LogP contribution in [-0.4, -0.2) is 14.8 Å². The van der Waals surface area contributed by atoms with Crippen LogP contribution in [0.3, 0.4) is 0 Å². The van der Waals surface area contributed by atoms with Crippen LogP contribution in [0.1, 0.15) is 21.6 Å². The number of pyridine rings is 1. The number of aryl methyl sites for hydroxylation is 2. The van der Waals surface area contributed by atoms with Crippen molar-refractivity contribution in [3.8, 4) is 0 Å². The van der Waals surface area contributed by atoms with Crippen LogP contribution in [0.5, 0.6) is 0 Å². The van der Waals surface area contributed by atoms with E-state index in [0.29, 0.717) is 20.8 Å². The van der Waals surface area contributed by atoms with Gasteiger partial charge >= 0.3 is 0 Å². The topological polar surface area (TPSA) is 52.0 Å². The molecule has 0 atom stereocenters. The quantitative estimate of drug-likeness (QED) is 0.691. The van der Waals surface area contributed by atoms with Gasteiger partial charge in [0.05, 0.1) is 5.39 Å². The summed E-state index contributed by atoms with van der Waals surface area (Å²) in [5, 5.41) is 1.05. The lowest BCUT2D eigenvalue weighted by atomic mass is 10.2. The van der Waals surface area contributed by atoms with Gasteiger partial charge in [0.2, 0.25) is 0 Å². The Hall–Kier alpha value is -1.98. The fourth-order valence-electron chi connectivity index (χ4n) is 2.20. The molecule has 4 nitrogen and oxygen atoms in total. The van der Waals surface area contributed by atoms with Crippen molar-refractivity contribution in [3.63, 3.8) is 0 Å². The molecule has 2 heterocycles. The highest BCUT2D eigenvalue weighted by atomic mass is 35.5. The van der Waals surface area contributed by atoms with E-state index in [2.05, 4.69) is 4.98 Å². The summed E-state index contributed by atoms with van der Waals surface area (Å²) in [6, 6.07) is 8.30. The van der Waals surface area contributed by atoms with Crippen LogP contribution in [0, 0.1) is 13.8 Å². The summed E-state index contributed by atoms with van der Waals surface area (Å²) in [7, 11) is 0. The zero-order valence-corrected chi connectivity index (χ0v) is 13.0. The number of hydrogen-bond acceptors (Lipinski definition) is 4. The van der Waals surface area contributed by atoms with E-state index in [-0.39, 0.29) is 11.5 Å². The Morgan fingerprint density at radius 1 is 1.24 bits per heavy atom. The Bertz CT molecular complexity index is 910. The van der Waals surface area contributed by atoms with Gasteiger partial charge in [0.1, 0.15) is 4.83 Å². The Morgan fingerprint density at radius 2 is 1.90 bits per heavy atom. The minimum absolute atomic E-state index is 0.319. The van der Waals surface area contributed by atoms with Gasteiger partial charge in [-0.1, -0.05) is 11.6 Å². The fraction of sp³-hybridized carbons (Fsp3) is 0.133. The van der Waals surface area contributed by atoms with E-state index in [4.69, 9.17) is 11.6 Å². The molecular weight excluding hydrogens is 308 g/mol. The number of carbonyl (C=O) groups is 1. The standard InChI is InChI=1S/C15H11ClN2O2S/c1-8-7-9(2)17-13-12(8)15(20)18(21-13)14(19)10-3-5-11(16)6-4-10/h3-7H,1-2H3. The first-order valence-electron chi connectivity index (χ1n) is 6.28. The smallest absolute Gasteiger partial charge is 0.267 e. The second kappa shape index (κ2) is 5.09. The number of benzene rings is 1. The maximum Gasteiger partial charge on any atom is 0.277 e. The van der Waals surface area contributed by atoms with Crippen molar-refractivity contribution in [2.24, 2.45) is 0 Å². The number of nitrogens with zero attached hydrogens (tertiary/aromatic N) is 2. The molecule has 0 bridgehead atoms. The first kappa shape index (κ1) is 14.0. The normalized spacial score (nSPS) is 11.0. The monoisotopic (exact) mass is 318 g/mol. The van der Waals surface area contributed by atoms with Crippen LogP contribution in [0.2, 0.25) is 5.02 Å². The van der Waals surface area contributed by atoms with Crippen LogP contribution in [0.4, 0.5) is 0 Å². The minimum Gasteiger partial charge on any atom is -0.267 e. The van der Waals surface area contributed by atoms with Gasteiger partial charge < -0.3 is 0 Å². The maximum absolute atomic E-state index is 12.4. The molecule has 1 aromatic carbocycles. The number of rotatable bonds is 1. The maximum atomic E-state index is 12.4. The van der Waals surface area contributed by atoms with Gasteiger partial charge in [-0.05, 0) is 61.3 Å². The molecule has 2 aromatic heterocycles. The molecule has 0 saturated carbocycles. The predicted molar refractivity (Wildman–Crippen MR) is 84.5 cm³/mol. The van der Waals surface area contributed by atoms with Crippen LogP contribution >= 0.6 is 23.1 Å². The molecule has 0 radical (unpaired) electrons. The first-order valence-corrected chi connectivity index (χ1v) is 7.43. The minimum atomic E-state index is -0.364. The molecule has 0 unspecified atom stereocenters. The number of aromatic nitrogens is 2. The largest absolute Gasteiger partial charge is 0.277 e. The van der Waals surface area contributed by atoms with Gasteiger partial charge in [-0.15, -0.1) is 0 Å². The summed E-state index contributed by atoms with van der Waals surface area (Å²) in [5.74, 6) is -0.364. The van der Waals surface area contributed by atoms with E-state index >= 15 is 0 Å². The van der Waals surface area contributed by atoms with Crippen LogP contribution in [0.15, 0.2) is 35.1 Å². The Balaban J connectivity index is 2.19. The number of hydrogen-bond donors (Lipinski definition) is 0. The van der Waals surface area contributed by atoms with E-state index in [1.807, 2.05) is 19.9 Å². The van der Waals surface area contributed by atoms with E-state index in [0.717, 1.165) is 26.7 Å². The summed E-state index contributed by atoms with van der Waals surface area (Å²) < 4.78 is 1.15. The van der Waals surface area contributed by atoms with Gasteiger partial charge in [0, 0.05) is 16.3 Å². The zero-order valence-electron chi connectivity index (χ0n) is 11.4. The summed E-state index contributed by atoms with van der Waals surface area (Å²) in [6.07, 6.45) is 0. The molecule has 0 fully saturated rings. The van der Waals surface area contributed by atoms with E-state index < -0.39 is 0 Å². The van der Waals surface area contributed by atoms with Crippen molar-refractivity contribution in [2.75, 3.05) is 0 Å². The van der Waals surface area contributed by atoms with Crippen LogP contribution in [-0.2, 0) is 0 Å². The molecular formula is C15H11ClN2O2S. The third-order valence-electron chi connectivity index (χ3n) is 3.16. The molecule has 0 aliphatic rings. The summed E-state index contributed by atoms with van der Waals surface area (Å²) in [4.78, 5) is 29.8. The van der Waals surface area contributed by atoms with Crippen molar-refractivity contribution in [1.29, 1.82) is 0 Å². The van der Waals surface area contributed by atoms with E-state index in [1.54, 1.807) is 24.3 Å². The molecule has 0 amide bonds.